The number of anilines is 2. The highest BCUT2D eigenvalue weighted by Gasteiger charge is 2.02. The first-order valence-electron chi connectivity index (χ1n) is 5.76. The zero-order valence-corrected chi connectivity index (χ0v) is 10.3. The molecule has 0 spiro atoms. The Bertz CT molecular complexity index is 389. The van der Waals surface area contributed by atoms with Gasteiger partial charge in [-0.1, -0.05) is 13.8 Å². The minimum absolute atomic E-state index is 0.121. The third-order valence-electron chi connectivity index (χ3n) is 2.10. The lowest BCUT2D eigenvalue weighted by Crippen LogP contribution is -2.17. The van der Waals surface area contributed by atoms with E-state index < -0.39 is 0 Å². The molecule has 96 valence electrons. The van der Waals surface area contributed by atoms with Gasteiger partial charge in [-0.05, 0) is 12.3 Å². The SMILES string of the molecule is CC(C)COCCCNc1nc[nH]c(=O)c1N. The maximum absolute atomic E-state index is 11.2. The lowest BCUT2D eigenvalue weighted by molar-refractivity contribution is 0.110. The van der Waals surface area contributed by atoms with Crippen LogP contribution in [0.3, 0.4) is 0 Å². The standard InChI is InChI=1S/C11H20N4O2/c1-8(2)6-17-5-3-4-13-10-9(12)11(16)15-7-14-10/h7-8H,3-6,12H2,1-2H3,(H2,13,14,15,16). The first-order chi connectivity index (χ1) is 8.11. The predicted molar refractivity (Wildman–Crippen MR) is 68.0 cm³/mol. The van der Waals surface area contributed by atoms with Gasteiger partial charge >= 0.3 is 0 Å². The summed E-state index contributed by atoms with van der Waals surface area (Å²) in [6.07, 6.45) is 2.18. The fraction of sp³-hybridized carbons (Fsp3) is 0.636. The number of hydrogen-bond donors (Lipinski definition) is 3. The average molecular weight is 240 g/mol. The predicted octanol–water partition coefficient (Wildman–Crippen LogP) is 0.827. The molecule has 0 saturated carbocycles. The quantitative estimate of drug-likeness (QED) is 0.614. The molecule has 0 amide bonds. The molecular formula is C11H20N4O2. The molecule has 0 radical (unpaired) electrons. The number of aromatic nitrogens is 2. The fourth-order valence-electron chi connectivity index (χ4n) is 1.25. The summed E-state index contributed by atoms with van der Waals surface area (Å²) in [4.78, 5) is 17.5. The summed E-state index contributed by atoms with van der Waals surface area (Å²) in [6.45, 7) is 6.36. The van der Waals surface area contributed by atoms with Gasteiger partial charge in [0.05, 0.1) is 6.33 Å². The number of aromatic amines is 1. The van der Waals surface area contributed by atoms with Crippen LogP contribution in [0.15, 0.2) is 11.1 Å². The normalized spacial score (nSPS) is 10.8. The van der Waals surface area contributed by atoms with E-state index in [1.807, 2.05) is 0 Å². The number of ether oxygens (including phenoxy) is 1. The molecule has 1 rings (SSSR count). The smallest absolute Gasteiger partial charge is 0.276 e. The molecule has 0 bridgehead atoms. The molecule has 0 aliphatic rings. The number of nitrogens with zero attached hydrogens (tertiary/aromatic N) is 1. The summed E-state index contributed by atoms with van der Waals surface area (Å²) >= 11 is 0. The number of nitrogen functional groups attached to an aromatic ring is 1. The molecular weight excluding hydrogens is 220 g/mol. The number of nitrogens with two attached hydrogens (primary N) is 1. The van der Waals surface area contributed by atoms with Crippen molar-refractivity contribution in [1.82, 2.24) is 9.97 Å². The third-order valence-corrected chi connectivity index (χ3v) is 2.10. The highest BCUT2D eigenvalue weighted by atomic mass is 16.5. The Morgan fingerprint density at radius 3 is 3.06 bits per heavy atom. The van der Waals surface area contributed by atoms with Gasteiger partial charge in [-0.15, -0.1) is 0 Å². The lowest BCUT2D eigenvalue weighted by atomic mass is 10.2. The van der Waals surface area contributed by atoms with Crippen molar-refractivity contribution in [1.29, 1.82) is 0 Å². The highest BCUT2D eigenvalue weighted by molar-refractivity contribution is 5.58. The van der Waals surface area contributed by atoms with Crippen molar-refractivity contribution in [2.24, 2.45) is 5.92 Å². The topological polar surface area (TPSA) is 93.0 Å². The summed E-state index contributed by atoms with van der Waals surface area (Å²) < 4.78 is 5.43. The Hall–Kier alpha value is -1.56. The van der Waals surface area contributed by atoms with Crippen molar-refractivity contribution >= 4 is 11.5 Å². The molecule has 0 fully saturated rings. The molecule has 0 aliphatic carbocycles. The molecule has 1 heterocycles. The van der Waals surface area contributed by atoms with Crippen molar-refractivity contribution in [3.63, 3.8) is 0 Å². The second-order valence-corrected chi connectivity index (χ2v) is 4.24. The van der Waals surface area contributed by atoms with E-state index >= 15 is 0 Å². The molecule has 1 aromatic rings. The van der Waals surface area contributed by atoms with Gasteiger partial charge in [-0.25, -0.2) is 4.98 Å². The summed E-state index contributed by atoms with van der Waals surface area (Å²) in [5, 5.41) is 3.01. The average Bonchev–Trinajstić information content (AvgIpc) is 2.28. The van der Waals surface area contributed by atoms with Crippen molar-refractivity contribution in [2.75, 3.05) is 30.8 Å². The van der Waals surface area contributed by atoms with Crippen molar-refractivity contribution in [2.45, 2.75) is 20.3 Å². The maximum Gasteiger partial charge on any atom is 0.276 e. The van der Waals surface area contributed by atoms with Gasteiger partial charge in [0.1, 0.15) is 5.69 Å². The number of hydrogen-bond acceptors (Lipinski definition) is 5. The second-order valence-electron chi connectivity index (χ2n) is 4.24. The van der Waals surface area contributed by atoms with E-state index in [-0.39, 0.29) is 11.2 Å². The van der Waals surface area contributed by atoms with Crippen molar-refractivity contribution in [3.8, 4) is 0 Å². The van der Waals surface area contributed by atoms with Gasteiger partial charge in [0.15, 0.2) is 5.82 Å². The maximum atomic E-state index is 11.2. The van der Waals surface area contributed by atoms with Gasteiger partial charge in [0.2, 0.25) is 0 Å². The summed E-state index contributed by atoms with van der Waals surface area (Å²) in [5.74, 6) is 0.977. The van der Waals surface area contributed by atoms with E-state index in [2.05, 4.69) is 29.1 Å². The van der Waals surface area contributed by atoms with E-state index in [9.17, 15) is 4.79 Å². The first-order valence-corrected chi connectivity index (χ1v) is 5.76. The molecule has 6 nitrogen and oxygen atoms in total. The van der Waals surface area contributed by atoms with Crippen LogP contribution < -0.4 is 16.6 Å². The molecule has 4 N–H and O–H groups in total. The number of H-pyrrole nitrogens is 1. The zero-order valence-electron chi connectivity index (χ0n) is 10.3. The summed E-state index contributed by atoms with van der Waals surface area (Å²) in [6, 6.07) is 0. The van der Waals surface area contributed by atoms with Crippen LogP contribution in [-0.4, -0.2) is 29.7 Å². The monoisotopic (exact) mass is 240 g/mol. The molecule has 0 atom stereocenters. The molecule has 0 saturated heterocycles. The van der Waals surface area contributed by atoms with E-state index in [0.717, 1.165) is 13.0 Å². The van der Waals surface area contributed by atoms with E-state index in [1.165, 1.54) is 6.33 Å². The number of rotatable bonds is 7. The minimum atomic E-state index is -0.321. The summed E-state index contributed by atoms with van der Waals surface area (Å²) in [7, 11) is 0. The van der Waals surface area contributed by atoms with Crippen LogP contribution in [0.25, 0.3) is 0 Å². The molecule has 1 aromatic heterocycles. The molecule has 17 heavy (non-hydrogen) atoms. The largest absolute Gasteiger partial charge is 0.391 e. The van der Waals surface area contributed by atoms with Gasteiger partial charge in [-0.3, -0.25) is 4.79 Å². The van der Waals surface area contributed by atoms with Crippen molar-refractivity contribution in [3.05, 3.63) is 16.7 Å². The Morgan fingerprint density at radius 2 is 2.35 bits per heavy atom. The van der Waals surface area contributed by atoms with Gasteiger partial charge in [0, 0.05) is 19.8 Å². The van der Waals surface area contributed by atoms with E-state index in [1.54, 1.807) is 0 Å². The highest BCUT2D eigenvalue weighted by Crippen LogP contribution is 2.06. The van der Waals surface area contributed by atoms with Crippen LogP contribution in [0.4, 0.5) is 11.5 Å². The van der Waals surface area contributed by atoms with Gasteiger partial charge in [-0.2, -0.15) is 0 Å². The lowest BCUT2D eigenvalue weighted by Gasteiger charge is -2.08. The van der Waals surface area contributed by atoms with Crippen molar-refractivity contribution < 1.29 is 4.74 Å². The Kier molecular flexibility index (Phi) is 5.48. The zero-order chi connectivity index (χ0) is 12.7. The first kappa shape index (κ1) is 13.5. The van der Waals surface area contributed by atoms with E-state index in [4.69, 9.17) is 10.5 Å². The Morgan fingerprint density at radius 1 is 1.59 bits per heavy atom. The van der Waals surface area contributed by atoms with Gasteiger partial charge in [0.25, 0.3) is 5.56 Å². The minimum Gasteiger partial charge on any atom is -0.391 e. The number of nitrogens with one attached hydrogen (secondary N) is 2. The summed E-state index contributed by atoms with van der Waals surface area (Å²) in [5.41, 5.74) is 5.36. The van der Waals surface area contributed by atoms with Crippen LogP contribution in [0.1, 0.15) is 20.3 Å². The molecule has 0 unspecified atom stereocenters. The molecule has 0 aliphatic heterocycles. The fourth-order valence-corrected chi connectivity index (χ4v) is 1.25. The van der Waals surface area contributed by atoms with E-state index in [0.29, 0.717) is 24.9 Å². The third kappa shape index (κ3) is 4.86. The second kappa shape index (κ2) is 6.90. The van der Waals surface area contributed by atoms with Crippen LogP contribution in [0.2, 0.25) is 0 Å². The van der Waals surface area contributed by atoms with Gasteiger partial charge < -0.3 is 20.8 Å². The Labute approximate surface area is 101 Å². The van der Waals surface area contributed by atoms with Crippen LogP contribution in [0, 0.1) is 5.92 Å². The van der Waals surface area contributed by atoms with Crippen LogP contribution in [0.5, 0.6) is 0 Å². The molecule has 6 heteroatoms. The molecule has 0 aromatic carbocycles. The van der Waals surface area contributed by atoms with Crippen LogP contribution in [-0.2, 0) is 4.74 Å². The Balaban J connectivity index is 2.23. The van der Waals surface area contributed by atoms with Crippen LogP contribution >= 0.6 is 0 Å².